The molecule has 1 atom stereocenters. The van der Waals surface area contributed by atoms with Crippen LogP contribution < -0.4 is 5.73 Å². The molecule has 3 aromatic rings. The summed E-state index contributed by atoms with van der Waals surface area (Å²) in [5, 5.41) is 0. The lowest BCUT2D eigenvalue weighted by Crippen LogP contribution is -2.16. The largest absolute Gasteiger partial charge is 0.331 e. The van der Waals surface area contributed by atoms with Crippen molar-refractivity contribution in [3.8, 4) is 0 Å². The van der Waals surface area contributed by atoms with E-state index in [0.29, 0.717) is 6.54 Å². The normalized spacial score (nSPS) is 13.0. The van der Waals surface area contributed by atoms with Crippen LogP contribution in [0.4, 0.5) is 0 Å². The average molecular weight is 336 g/mol. The van der Waals surface area contributed by atoms with E-state index in [1.54, 1.807) is 11.3 Å². The van der Waals surface area contributed by atoms with Crippen molar-refractivity contribution in [2.45, 2.75) is 5.92 Å². The van der Waals surface area contributed by atoms with Crippen molar-refractivity contribution in [2.24, 2.45) is 12.8 Å². The van der Waals surface area contributed by atoms with Gasteiger partial charge in [0, 0.05) is 18.5 Å². The molecule has 19 heavy (non-hydrogen) atoms. The topological polar surface area (TPSA) is 43.8 Å². The van der Waals surface area contributed by atoms with Crippen molar-refractivity contribution < 1.29 is 0 Å². The minimum atomic E-state index is 0.147. The molecule has 0 aliphatic carbocycles. The Morgan fingerprint density at radius 3 is 2.74 bits per heavy atom. The second-order valence-electron chi connectivity index (χ2n) is 4.45. The standard InChI is InChI=1S/C14H14BrN3S/c1-18-11-5-3-2-4-10(11)17-14(18)9(8-16)12-6-7-13(15)19-12/h2-7,9H,8,16H2,1H3. The molecule has 3 nitrogen and oxygen atoms in total. The first kappa shape index (κ1) is 12.8. The van der Waals surface area contributed by atoms with E-state index in [2.05, 4.69) is 45.7 Å². The molecule has 2 heterocycles. The van der Waals surface area contributed by atoms with Crippen LogP contribution in [0.5, 0.6) is 0 Å². The van der Waals surface area contributed by atoms with E-state index in [4.69, 9.17) is 10.7 Å². The first-order valence-corrected chi connectivity index (χ1v) is 7.68. The minimum absolute atomic E-state index is 0.147. The van der Waals surface area contributed by atoms with Crippen molar-refractivity contribution in [3.63, 3.8) is 0 Å². The monoisotopic (exact) mass is 335 g/mol. The van der Waals surface area contributed by atoms with Gasteiger partial charge in [0.05, 0.1) is 20.7 Å². The Morgan fingerprint density at radius 1 is 1.32 bits per heavy atom. The Labute approximate surface area is 124 Å². The molecule has 0 aliphatic heterocycles. The number of para-hydroxylation sites is 2. The van der Waals surface area contributed by atoms with Crippen LogP contribution in [0.15, 0.2) is 40.2 Å². The molecule has 2 aromatic heterocycles. The first-order chi connectivity index (χ1) is 9.20. The number of nitrogens with two attached hydrogens (primary N) is 1. The van der Waals surface area contributed by atoms with E-state index in [1.807, 2.05) is 18.2 Å². The maximum atomic E-state index is 5.97. The minimum Gasteiger partial charge on any atom is -0.331 e. The van der Waals surface area contributed by atoms with Gasteiger partial charge in [0.25, 0.3) is 0 Å². The number of halogens is 1. The second-order valence-corrected chi connectivity index (χ2v) is 6.94. The second kappa shape index (κ2) is 5.07. The molecule has 0 radical (unpaired) electrons. The van der Waals surface area contributed by atoms with E-state index in [-0.39, 0.29) is 5.92 Å². The number of thiophene rings is 1. The molecule has 1 unspecified atom stereocenters. The third-order valence-corrected chi connectivity index (χ3v) is 5.04. The van der Waals surface area contributed by atoms with Crippen LogP contribution in [0.3, 0.4) is 0 Å². The van der Waals surface area contributed by atoms with Crippen LogP contribution in [0.2, 0.25) is 0 Å². The maximum Gasteiger partial charge on any atom is 0.119 e. The van der Waals surface area contributed by atoms with E-state index in [9.17, 15) is 0 Å². The lowest BCUT2D eigenvalue weighted by atomic mass is 10.1. The number of aromatic nitrogens is 2. The van der Waals surface area contributed by atoms with Crippen molar-refractivity contribution in [3.05, 3.63) is 50.9 Å². The summed E-state index contributed by atoms with van der Waals surface area (Å²) in [6.45, 7) is 0.560. The molecule has 0 bridgehead atoms. The van der Waals surface area contributed by atoms with Crippen molar-refractivity contribution in [1.82, 2.24) is 9.55 Å². The van der Waals surface area contributed by atoms with Crippen molar-refractivity contribution in [2.75, 3.05) is 6.54 Å². The van der Waals surface area contributed by atoms with E-state index >= 15 is 0 Å². The molecule has 98 valence electrons. The third kappa shape index (κ3) is 2.22. The highest BCUT2D eigenvalue weighted by Gasteiger charge is 2.20. The maximum absolute atomic E-state index is 5.97. The molecule has 0 amide bonds. The Balaban J connectivity index is 2.13. The summed E-state index contributed by atoms with van der Waals surface area (Å²) in [4.78, 5) is 5.99. The highest BCUT2D eigenvalue weighted by Crippen LogP contribution is 2.32. The quantitative estimate of drug-likeness (QED) is 0.796. The number of aryl methyl sites for hydroxylation is 1. The smallest absolute Gasteiger partial charge is 0.119 e. The zero-order valence-electron chi connectivity index (χ0n) is 10.5. The molecular weight excluding hydrogens is 322 g/mol. The lowest BCUT2D eigenvalue weighted by Gasteiger charge is -2.12. The fraction of sp³-hybridized carbons (Fsp3) is 0.214. The molecule has 1 aromatic carbocycles. The summed E-state index contributed by atoms with van der Waals surface area (Å²) in [6.07, 6.45) is 0. The summed E-state index contributed by atoms with van der Waals surface area (Å²) in [6, 6.07) is 12.3. The number of fused-ring (bicyclic) bond motifs is 1. The number of hydrogen-bond donors (Lipinski definition) is 1. The Morgan fingerprint density at radius 2 is 2.11 bits per heavy atom. The van der Waals surface area contributed by atoms with Gasteiger partial charge >= 0.3 is 0 Å². The summed E-state index contributed by atoms with van der Waals surface area (Å²) in [5.74, 6) is 1.17. The first-order valence-electron chi connectivity index (χ1n) is 6.07. The van der Waals surface area contributed by atoms with Gasteiger partial charge in [-0.15, -0.1) is 11.3 Å². The molecule has 3 rings (SSSR count). The number of rotatable bonds is 3. The van der Waals surface area contributed by atoms with Gasteiger partial charge in [-0.2, -0.15) is 0 Å². The molecule has 0 aliphatic rings. The molecule has 0 saturated carbocycles. The SMILES string of the molecule is Cn1c(C(CN)c2ccc(Br)s2)nc2ccccc21. The Kier molecular flexibility index (Phi) is 3.43. The van der Waals surface area contributed by atoms with Gasteiger partial charge in [-0.05, 0) is 40.2 Å². The van der Waals surface area contributed by atoms with E-state index in [0.717, 1.165) is 20.6 Å². The number of benzene rings is 1. The van der Waals surface area contributed by atoms with Crippen molar-refractivity contribution >= 4 is 38.3 Å². The Hall–Kier alpha value is -1.17. The van der Waals surface area contributed by atoms with Gasteiger partial charge in [0.1, 0.15) is 5.82 Å². The number of imidazole rings is 1. The predicted molar refractivity (Wildman–Crippen MR) is 83.6 cm³/mol. The summed E-state index contributed by atoms with van der Waals surface area (Å²) in [7, 11) is 2.05. The molecule has 0 fully saturated rings. The van der Waals surface area contributed by atoms with Crippen LogP contribution in [0, 0.1) is 0 Å². The van der Waals surface area contributed by atoms with Gasteiger partial charge in [-0.25, -0.2) is 4.98 Å². The highest BCUT2D eigenvalue weighted by atomic mass is 79.9. The molecule has 5 heteroatoms. The summed E-state index contributed by atoms with van der Waals surface area (Å²) >= 11 is 5.22. The highest BCUT2D eigenvalue weighted by molar-refractivity contribution is 9.11. The summed E-state index contributed by atoms with van der Waals surface area (Å²) < 4.78 is 3.26. The van der Waals surface area contributed by atoms with Crippen LogP contribution in [0.25, 0.3) is 11.0 Å². The van der Waals surface area contributed by atoms with Crippen LogP contribution in [0.1, 0.15) is 16.6 Å². The predicted octanol–water partition coefficient (Wildman–Crippen LogP) is 3.49. The third-order valence-electron chi connectivity index (χ3n) is 3.31. The van der Waals surface area contributed by atoms with Crippen LogP contribution >= 0.6 is 27.3 Å². The van der Waals surface area contributed by atoms with Crippen LogP contribution in [-0.4, -0.2) is 16.1 Å². The fourth-order valence-corrected chi connectivity index (χ4v) is 3.87. The molecule has 0 saturated heterocycles. The van der Waals surface area contributed by atoms with Gasteiger partial charge in [-0.3, -0.25) is 0 Å². The lowest BCUT2D eigenvalue weighted by molar-refractivity contribution is 0.717. The van der Waals surface area contributed by atoms with Crippen LogP contribution in [-0.2, 0) is 7.05 Å². The Bertz CT molecular complexity index is 716. The van der Waals surface area contributed by atoms with Gasteiger partial charge in [-0.1, -0.05) is 12.1 Å². The van der Waals surface area contributed by atoms with E-state index < -0.39 is 0 Å². The van der Waals surface area contributed by atoms with Gasteiger partial charge < -0.3 is 10.3 Å². The van der Waals surface area contributed by atoms with E-state index in [1.165, 1.54) is 4.88 Å². The zero-order valence-corrected chi connectivity index (χ0v) is 12.9. The number of hydrogen-bond acceptors (Lipinski definition) is 3. The fourth-order valence-electron chi connectivity index (χ4n) is 2.34. The van der Waals surface area contributed by atoms with Gasteiger partial charge in [0.2, 0.25) is 0 Å². The van der Waals surface area contributed by atoms with Gasteiger partial charge in [0.15, 0.2) is 0 Å². The zero-order chi connectivity index (χ0) is 13.4. The molecule has 2 N–H and O–H groups in total. The molecule has 0 spiro atoms. The average Bonchev–Trinajstić information content (AvgIpc) is 2.97. The summed E-state index contributed by atoms with van der Waals surface area (Å²) in [5.41, 5.74) is 8.14. The molecular formula is C14H14BrN3S. The number of nitrogens with zero attached hydrogens (tertiary/aromatic N) is 2. The van der Waals surface area contributed by atoms with Crippen molar-refractivity contribution in [1.29, 1.82) is 0 Å².